The molecule has 0 saturated carbocycles. The van der Waals surface area contributed by atoms with Gasteiger partial charge in [0.25, 0.3) is 0 Å². The summed E-state index contributed by atoms with van der Waals surface area (Å²) in [5.41, 5.74) is 0.834. The minimum Gasteiger partial charge on any atom is -0.353 e. The molecule has 3 aromatic rings. The lowest BCUT2D eigenvalue weighted by atomic mass is 10.1. The van der Waals surface area contributed by atoms with E-state index >= 15 is 0 Å². The average Bonchev–Trinajstić information content (AvgIpc) is 3.23. The summed E-state index contributed by atoms with van der Waals surface area (Å²) in [6, 6.07) is 3.72. The molecule has 0 spiro atoms. The molecule has 1 saturated heterocycles. The maximum Gasteiger partial charge on any atom is 0.227 e. The van der Waals surface area contributed by atoms with E-state index in [0.29, 0.717) is 24.6 Å². The van der Waals surface area contributed by atoms with Crippen LogP contribution >= 0.6 is 0 Å². The number of piperidine rings is 1. The molecule has 9 nitrogen and oxygen atoms in total. The summed E-state index contributed by atoms with van der Waals surface area (Å²) >= 11 is 0. The van der Waals surface area contributed by atoms with E-state index in [0.717, 1.165) is 37.3 Å². The Balaban J connectivity index is 1.27. The number of amides is 1. The lowest BCUT2D eigenvalue weighted by Gasteiger charge is -2.33. The summed E-state index contributed by atoms with van der Waals surface area (Å²) < 4.78 is 5.25. The molecule has 28 heavy (non-hydrogen) atoms. The molecule has 0 aromatic carbocycles. The highest BCUT2D eigenvalue weighted by Gasteiger charge is 2.22. The molecule has 1 amide bonds. The van der Waals surface area contributed by atoms with E-state index in [1.165, 1.54) is 0 Å². The van der Waals surface area contributed by atoms with Gasteiger partial charge in [-0.1, -0.05) is 5.16 Å². The minimum absolute atomic E-state index is 0.0188. The number of aryl methyl sites for hydroxylation is 1. The number of carbonyl (C=O) groups excluding carboxylic acids is 1. The number of pyridine rings is 1. The average molecular weight is 379 g/mol. The Morgan fingerprint density at radius 2 is 2.11 bits per heavy atom. The van der Waals surface area contributed by atoms with Gasteiger partial charge in [0.2, 0.25) is 17.6 Å². The summed E-state index contributed by atoms with van der Waals surface area (Å²) in [7, 11) is 0. The van der Waals surface area contributed by atoms with Gasteiger partial charge in [-0.25, -0.2) is 4.98 Å². The Kier molecular flexibility index (Phi) is 5.51. The third kappa shape index (κ3) is 4.48. The zero-order chi connectivity index (χ0) is 19.2. The van der Waals surface area contributed by atoms with E-state index in [1.807, 2.05) is 12.1 Å². The largest absolute Gasteiger partial charge is 0.353 e. The second kappa shape index (κ2) is 8.55. The Labute approximate surface area is 162 Å². The summed E-state index contributed by atoms with van der Waals surface area (Å²) in [6.45, 7) is 1.65. The number of anilines is 1. The van der Waals surface area contributed by atoms with Crippen molar-refractivity contribution in [3.63, 3.8) is 0 Å². The molecule has 1 N–H and O–H groups in total. The minimum atomic E-state index is -0.0188. The molecule has 1 aliphatic heterocycles. The predicted molar refractivity (Wildman–Crippen MR) is 101 cm³/mol. The Hall–Kier alpha value is -3.36. The quantitative estimate of drug-likeness (QED) is 0.688. The summed E-state index contributed by atoms with van der Waals surface area (Å²) in [4.78, 5) is 31.3. The van der Waals surface area contributed by atoms with E-state index < -0.39 is 0 Å². The molecule has 1 fully saturated rings. The van der Waals surface area contributed by atoms with Gasteiger partial charge in [0.1, 0.15) is 5.82 Å². The Morgan fingerprint density at radius 1 is 1.21 bits per heavy atom. The van der Waals surface area contributed by atoms with Crippen molar-refractivity contribution in [2.24, 2.45) is 0 Å². The number of nitrogens with one attached hydrogen (secondary N) is 1. The van der Waals surface area contributed by atoms with Crippen LogP contribution in [0.1, 0.15) is 25.2 Å². The van der Waals surface area contributed by atoms with Crippen LogP contribution in [0.15, 0.2) is 47.6 Å². The maximum atomic E-state index is 12.3. The topological polar surface area (TPSA) is 110 Å². The van der Waals surface area contributed by atoms with Crippen molar-refractivity contribution in [1.82, 2.24) is 30.4 Å². The molecule has 1 atom stereocenters. The van der Waals surface area contributed by atoms with Gasteiger partial charge in [-0.2, -0.15) is 4.98 Å². The van der Waals surface area contributed by atoms with Gasteiger partial charge in [-0.05, 0) is 25.0 Å². The fourth-order valence-electron chi connectivity index (χ4n) is 3.25. The van der Waals surface area contributed by atoms with Crippen molar-refractivity contribution in [3.8, 4) is 11.4 Å². The van der Waals surface area contributed by atoms with Crippen LogP contribution in [0.5, 0.6) is 0 Å². The highest BCUT2D eigenvalue weighted by Crippen LogP contribution is 2.17. The van der Waals surface area contributed by atoms with E-state index in [-0.39, 0.29) is 11.9 Å². The molecule has 4 heterocycles. The lowest BCUT2D eigenvalue weighted by molar-refractivity contribution is -0.121. The zero-order valence-electron chi connectivity index (χ0n) is 15.4. The third-order valence-corrected chi connectivity index (χ3v) is 4.63. The van der Waals surface area contributed by atoms with Crippen molar-refractivity contribution in [2.75, 3.05) is 18.0 Å². The monoisotopic (exact) mass is 379 g/mol. The molecule has 9 heteroatoms. The van der Waals surface area contributed by atoms with Gasteiger partial charge in [0.05, 0.1) is 6.20 Å². The van der Waals surface area contributed by atoms with Crippen LogP contribution in [0.2, 0.25) is 0 Å². The number of rotatable bonds is 6. The van der Waals surface area contributed by atoms with Crippen LogP contribution in [0.3, 0.4) is 0 Å². The first-order valence-electron chi connectivity index (χ1n) is 9.31. The van der Waals surface area contributed by atoms with Crippen LogP contribution in [0.25, 0.3) is 11.4 Å². The third-order valence-electron chi connectivity index (χ3n) is 4.63. The molecular weight excluding hydrogens is 358 g/mol. The molecule has 4 rings (SSSR count). The number of aromatic nitrogens is 5. The van der Waals surface area contributed by atoms with Crippen molar-refractivity contribution >= 4 is 11.7 Å². The normalized spacial score (nSPS) is 16.7. The first kappa shape index (κ1) is 18.0. The van der Waals surface area contributed by atoms with Crippen molar-refractivity contribution < 1.29 is 9.32 Å². The molecule has 144 valence electrons. The van der Waals surface area contributed by atoms with Crippen molar-refractivity contribution in [2.45, 2.75) is 31.7 Å². The second-order valence-electron chi connectivity index (χ2n) is 6.66. The van der Waals surface area contributed by atoms with Crippen LogP contribution in [0, 0.1) is 0 Å². The summed E-state index contributed by atoms with van der Waals surface area (Å²) in [5, 5.41) is 7.06. The molecule has 0 bridgehead atoms. The first-order chi connectivity index (χ1) is 13.8. The van der Waals surface area contributed by atoms with Crippen LogP contribution in [-0.4, -0.2) is 50.1 Å². The number of carbonyl (C=O) groups is 1. The lowest BCUT2D eigenvalue weighted by Crippen LogP contribution is -2.48. The summed E-state index contributed by atoms with van der Waals surface area (Å²) in [6.07, 6.45) is 11.1. The number of nitrogens with zero attached hydrogens (tertiary/aromatic N) is 6. The Morgan fingerprint density at radius 3 is 2.93 bits per heavy atom. The zero-order valence-corrected chi connectivity index (χ0v) is 15.4. The molecule has 1 aliphatic rings. The fourth-order valence-corrected chi connectivity index (χ4v) is 3.25. The highest BCUT2D eigenvalue weighted by molar-refractivity contribution is 5.76. The predicted octanol–water partition coefficient (Wildman–Crippen LogP) is 1.64. The second-order valence-corrected chi connectivity index (χ2v) is 6.66. The van der Waals surface area contributed by atoms with Crippen LogP contribution < -0.4 is 10.2 Å². The van der Waals surface area contributed by atoms with Crippen LogP contribution in [-0.2, 0) is 11.2 Å². The van der Waals surface area contributed by atoms with Gasteiger partial charge in [0.15, 0.2) is 0 Å². The Bertz CT molecular complexity index is 901. The van der Waals surface area contributed by atoms with Crippen molar-refractivity contribution in [3.05, 3.63) is 49.0 Å². The SMILES string of the molecule is O=C(CCc1nc(-c2ccncc2)no1)N[C@H]1CCCN(c2cnccn2)C1. The van der Waals surface area contributed by atoms with E-state index in [2.05, 4.69) is 35.3 Å². The van der Waals surface area contributed by atoms with E-state index in [4.69, 9.17) is 4.52 Å². The number of hydrogen-bond acceptors (Lipinski definition) is 8. The molecular formula is C19H21N7O2. The molecule has 0 unspecified atom stereocenters. The standard InChI is InChI=1S/C19H21N7O2/c27-17(3-4-18-24-19(25-28-18)14-5-7-20-8-6-14)23-15-2-1-11-26(13-15)16-12-21-9-10-22-16/h5-10,12,15H,1-4,11,13H2,(H,23,27)/t15-/m0/s1. The van der Waals surface area contributed by atoms with Gasteiger partial charge in [0, 0.05) is 62.3 Å². The van der Waals surface area contributed by atoms with Gasteiger partial charge >= 0.3 is 0 Å². The molecule has 0 aliphatic carbocycles. The number of hydrogen-bond donors (Lipinski definition) is 1. The van der Waals surface area contributed by atoms with Crippen LogP contribution in [0.4, 0.5) is 5.82 Å². The first-order valence-corrected chi connectivity index (χ1v) is 9.31. The van der Waals surface area contributed by atoms with Gasteiger partial charge in [-0.15, -0.1) is 0 Å². The molecule has 3 aromatic heterocycles. The van der Waals surface area contributed by atoms with Gasteiger partial charge < -0.3 is 14.7 Å². The smallest absolute Gasteiger partial charge is 0.227 e. The van der Waals surface area contributed by atoms with Crippen molar-refractivity contribution in [1.29, 1.82) is 0 Å². The van der Waals surface area contributed by atoms with E-state index in [9.17, 15) is 4.79 Å². The summed E-state index contributed by atoms with van der Waals surface area (Å²) in [5.74, 6) is 1.78. The molecule has 0 radical (unpaired) electrons. The fraction of sp³-hybridized carbons (Fsp3) is 0.368. The van der Waals surface area contributed by atoms with E-state index in [1.54, 1.807) is 31.0 Å². The maximum absolute atomic E-state index is 12.3. The van der Waals surface area contributed by atoms with Gasteiger partial charge in [-0.3, -0.25) is 14.8 Å². The highest BCUT2D eigenvalue weighted by atomic mass is 16.5.